The van der Waals surface area contributed by atoms with Crippen molar-refractivity contribution in [2.24, 2.45) is 0 Å². The number of benzene rings is 4. The molecule has 4 aromatic carbocycles. The first kappa shape index (κ1) is 21.5. The van der Waals surface area contributed by atoms with Crippen molar-refractivity contribution in [3.05, 3.63) is 126 Å². The minimum Gasteiger partial charge on any atom is -0.465 e. The van der Waals surface area contributed by atoms with Crippen LogP contribution in [0.15, 0.2) is 109 Å². The summed E-state index contributed by atoms with van der Waals surface area (Å²) in [5.74, 6) is -0.336. The van der Waals surface area contributed by atoms with Gasteiger partial charge in [0.25, 0.3) is 0 Å². The molecule has 0 saturated carbocycles. The van der Waals surface area contributed by atoms with Crippen molar-refractivity contribution in [3.63, 3.8) is 0 Å². The summed E-state index contributed by atoms with van der Waals surface area (Å²) in [5.41, 5.74) is 2.33. The summed E-state index contributed by atoms with van der Waals surface area (Å²) < 4.78 is 5.17. The van der Waals surface area contributed by atoms with Crippen molar-refractivity contribution >= 4 is 29.1 Å². The Labute approximate surface area is 189 Å². The van der Waals surface area contributed by atoms with Crippen LogP contribution in [0.1, 0.15) is 21.5 Å². The van der Waals surface area contributed by atoms with Crippen molar-refractivity contribution < 1.29 is 9.53 Å². The molecule has 0 aromatic heterocycles. The van der Waals surface area contributed by atoms with Gasteiger partial charge in [0.05, 0.1) is 24.9 Å². The maximum absolute atomic E-state index is 12.8. The van der Waals surface area contributed by atoms with Gasteiger partial charge in [-0.3, -0.25) is 0 Å². The lowest BCUT2D eigenvalue weighted by molar-refractivity contribution is 0.0602. The molecule has 0 aliphatic rings. The van der Waals surface area contributed by atoms with Gasteiger partial charge in [-0.15, -0.1) is 0 Å². The molecule has 4 aromatic rings. The first-order valence-electron chi connectivity index (χ1n) is 10.4. The summed E-state index contributed by atoms with van der Waals surface area (Å²) in [6.45, 7) is 0. The molecule has 0 N–H and O–H groups in total. The van der Waals surface area contributed by atoms with E-state index in [0.717, 1.165) is 17.0 Å². The van der Waals surface area contributed by atoms with Crippen LogP contribution in [0.25, 0.3) is 0 Å². The van der Waals surface area contributed by atoms with Gasteiger partial charge in [0.15, 0.2) is 0 Å². The normalized spacial score (nSPS) is 10.9. The number of methoxy groups -OCH3 is 1. The fourth-order valence-corrected chi connectivity index (χ4v) is 8.54. The van der Waals surface area contributed by atoms with Gasteiger partial charge < -0.3 is 4.74 Å². The zero-order valence-corrected chi connectivity index (χ0v) is 18.7. The largest absolute Gasteiger partial charge is 0.465 e. The fraction of sp³-hybridized carbons (Fsp3) is 0.0714. The third-order valence-corrected chi connectivity index (χ3v) is 10.0. The highest BCUT2D eigenvalue weighted by Gasteiger charge is 2.47. The molecule has 0 unspecified atom stereocenters. The van der Waals surface area contributed by atoms with Gasteiger partial charge in [0.2, 0.25) is 0 Å². The minimum atomic E-state index is -2.29. The van der Waals surface area contributed by atoms with E-state index in [9.17, 15) is 10.1 Å². The number of hydrogen-bond donors (Lipinski definition) is 0. The van der Waals surface area contributed by atoms with E-state index in [1.54, 1.807) is 0 Å². The maximum atomic E-state index is 12.8. The summed E-state index contributed by atoms with van der Waals surface area (Å²) in [6.07, 6.45) is 0.723. The van der Waals surface area contributed by atoms with Gasteiger partial charge in [-0.1, -0.05) is 60.7 Å². The first-order chi connectivity index (χ1) is 15.7. The monoisotopic (exact) mass is 436 g/mol. The molecule has 0 aliphatic carbocycles. The van der Waals surface area contributed by atoms with Crippen LogP contribution in [-0.2, 0) is 10.9 Å². The molecule has 0 amide bonds. The number of carbonyl (C=O) groups excluding carboxylic acids is 1. The molecule has 0 fully saturated rings. The Morgan fingerprint density at radius 2 is 1.31 bits per heavy atom. The second-order valence-corrected chi connectivity index (χ2v) is 10.9. The third kappa shape index (κ3) is 4.06. The molecule has 0 aliphatic heterocycles. The second kappa shape index (κ2) is 9.60. The lowest BCUT2D eigenvalue weighted by atomic mass is 10.2. The van der Waals surface area contributed by atoms with Crippen molar-refractivity contribution in [2.75, 3.05) is 7.11 Å². The maximum Gasteiger partial charge on any atom is 0.341 e. The smallest absolute Gasteiger partial charge is 0.341 e. The lowest BCUT2D eigenvalue weighted by Crippen LogP contribution is -2.35. The third-order valence-electron chi connectivity index (χ3n) is 5.62. The van der Waals surface area contributed by atoms with Crippen LogP contribution in [0.5, 0.6) is 0 Å². The van der Waals surface area contributed by atoms with Gasteiger partial charge in [0, 0.05) is 0 Å². The van der Waals surface area contributed by atoms with Gasteiger partial charge in [-0.25, -0.2) is 4.79 Å². The second-order valence-electron chi connectivity index (χ2n) is 7.46. The van der Waals surface area contributed by atoms with Crippen molar-refractivity contribution in [1.29, 1.82) is 5.26 Å². The van der Waals surface area contributed by atoms with Crippen LogP contribution in [0.2, 0.25) is 0 Å². The van der Waals surface area contributed by atoms with Gasteiger partial charge in [0.1, 0.15) is 28.7 Å². The Hall–Kier alpha value is -3.73. The van der Waals surface area contributed by atoms with Crippen LogP contribution in [0.3, 0.4) is 0 Å². The topological polar surface area (TPSA) is 50.1 Å². The molecule has 0 bridgehead atoms. The van der Waals surface area contributed by atoms with E-state index in [1.165, 1.54) is 17.7 Å². The standard InChI is InChI=1S/C28H23NO2P/c1-31-28(30)26-14-8-9-15-27(26)32(24-10-4-2-5-11-24,25-12-6-3-7-13-25)21-23-18-16-22(20-29)17-19-23/h2-19H,21H2,1H3/q+1. The molecular formula is C28H23NO2P+. The molecule has 156 valence electrons. The average Bonchev–Trinajstić information content (AvgIpc) is 2.88. The highest BCUT2D eigenvalue weighted by atomic mass is 31.2. The molecular weight excluding hydrogens is 413 g/mol. The molecule has 0 atom stereocenters. The van der Waals surface area contributed by atoms with E-state index >= 15 is 0 Å². The van der Waals surface area contributed by atoms with Gasteiger partial charge >= 0.3 is 5.97 Å². The molecule has 4 rings (SSSR count). The average molecular weight is 436 g/mol. The predicted octanol–water partition coefficient (Wildman–Crippen LogP) is 4.84. The summed E-state index contributed by atoms with van der Waals surface area (Å²) in [4.78, 5) is 12.8. The molecule has 3 nitrogen and oxygen atoms in total. The molecule has 32 heavy (non-hydrogen) atoms. The molecule has 4 heteroatoms. The van der Waals surface area contributed by atoms with E-state index < -0.39 is 7.26 Å². The Bertz CT molecular complexity index is 1210. The summed E-state index contributed by atoms with van der Waals surface area (Å²) in [6, 6.07) is 38.5. The number of nitriles is 1. The highest BCUT2D eigenvalue weighted by molar-refractivity contribution is 7.95. The number of carbonyl (C=O) groups is 1. The number of nitrogens with zero attached hydrogens (tertiary/aromatic N) is 1. The summed E-state index contributed by atoms with van der Waals surface area (Å²) >= 11 is 0. The van der Waals surface area contributed by atoms with E-state index in [-0.39, 0.29) is 5.97 Å². The van der Waals surface area contributed by atoms with E-state index in [4.69, 9.17) is 4.74 Å². The number of rotatable bonds is 6. The Balaban J connectivity index is 2.05. The molecule has 0 heterocycles. The summed E-state index contributed by atoms with van der Waals surface area (Å²) in [5, 5.41) is 12.6. The zero-order chi connectivity index (χ0) is 22.4. The van der Waals surface area contributed by atoms with E-state index in [0.29, 0.717) is 11.1 Å². The van der Waals surface area contributed by atoms with Crippen LogP contribution >= 0.6 is 7.26 Å². The van der Waals surface area contributed by atoms with Crippen LogP contribution in [0.4, 0.5) is 0 Å². The van der Waals surface area contributed by atoms with Crippen molar-refractivity contribution in [2.45, 2.75) is 6.16 Å². The van der Waals surface area contributed by atoms with E-state index in [2.05, 4.69) is 36.4 Å². The van der Waals surface area contributed by atoms with Crippen molar-refractivity contribution in [3.8, 4) is 6.07 Å². The van der Waals surface area contributed by atoms with Crippen LogP contribution in [0, 0.1) is 11.3 Å². The molecule has 0 saturated heterocycles. The predicted molar refractivity (Wildman–Crippen MR) is 131 cm³/mol. The number of ether oxygens (including phenoxy) is 1. The van der Waals surface area contributed by atoms with E-state index in [1.807, 2.05) is 78.9 Å². The molecule has 0 spiro atoms. The van der Waals surface area contributed by atoms with Gasteiger partial charge in [-0.05, 0) is 54.1 Å². The van der Waals surface area contributed by atoms with Crippen LogP contribution in [-0.4, -0.2) is 13.1 Å². The zero-order valence-electron chi connectivity index (χ0n) is 17.8. The fourth-order valence-electron chi connectivity index (χ4n) is 4.11. The van der Waals surface area contributed by atoms with Crippen LogP contribution < -0.4 is 15.9 Å². The van der Waals surface area contributed by atoms with Crippen molar-refractivity contribution in [1.82, 2.24) is 0 Å². The number of esters is 1. The Morgan fingerprint density at radius 1 is 0.781 bits per heavy atom. The summed E-state index contributed by atoms with van der Waals surface area (Å²) in [7, 11) is -0.866. The number of hydrogen-bond acceptors (Lipinski definition) is 3. The quantitative estimate of drug-likeness (QED) is 0.321. The molecule has 0 radical (unpaired) electrons. The minimum absolute atomic E-state index is 0.336. The first-order valence-corrected chi connectivity index (χ1v) is 12.3. The highest BCUT2D eigenvalue weighted by Crippen LogP contribution is 2.58. The van der Waals surface area contributed by atoms with Gasteiger partial charge in [-0.2, -0.15) is 5.26 Å². The lowest BCUT2D eigenvalue weighted by Gasteiger charge is -2.29. The Morgan fingerprint density at radius 3 is 1.84 bits per heavy atom. The SMILES string of the molecule is COC(=O)c1ccccc1[P+](Cc1ccc(C#N)cc1)(c1ccccc1)c1ccccc1. The Kier molecular flexibility index (Phi) is 6.45.